The van der Waals surface area contributed by atoms with E-state index < -0.39 is 40.7 Å². The minimum absolute atomic E-state index is 0.0388. The van der Waals surface area contributed by atoms with Gasteiger partial charge in [-0.25, -0.2) is 4.98 Å². The van der Waals surface area contributed by atoms with Gasteiger partial charge in [-0.1, -0.05) is 18.2 Å². The lowest BCUT2D eigenvalue weighted by Crippen LogP contribution is -2.51. The van der Waals surface area contributed by atoms with Gasteiger partial charge in [0.05, 0.1) is 11.4 Å². The predicted molar refractivity (Wildman–Crippen MR) is 135 cm³/mol. The summed E-state index contributed by atoms with van der Waals surface area (Å²) in [5.74, 6) is -1.20. The molecule has 1 aliphatic heterocycles. The molecule has 14 heteroatoms. The Bertz CT molecular complexity index is 1270. The van der Waals surface area contributed by atoms with E-state index in [-0.39, 0.29) is 52.7 Å². The zero-order valence-corrected chi connectivity index (χ0v) is 23.2. The second-order valence-corrected chi connectivity index (χ2v) is 11.5. The third-order valence-corrected chi connectivity index (χ3v) is 8.15. The van der Waals surface area contributed by atoms with Crippen molar-refractivity contribution >= 4 is 29.6 Å². The Labute approximate surface area is 230 Å². The van der Waals surface area contributed by atoms with Gasteiger partial charge >= 0.3 is 12.4 Å². The fourth-order valence-corrected chi connectivity index (χ4v) is 5.44. The first-order valence-electron chi connectivity index (χ1n) is 12.3. The van der Waals surface area contributed by atoms with Crippen LogP contribution in [0.5, 0.6) is 0 Å². The SMILES string of the molecule is Cc1cc(C(C)(C(F)(F)F)C(F)(F)F)ccc1-c1sc(C(=O)NCC(C)(C)OC=O)nc1C(=O)N1CCC[C@@H]1C. The fraction of sp³-hybridized carbons (Fsp3) is 0.538. The van der Waals surface area contributed by atoms with E-state index in [2.05, 4.69) is 10.3 Å². The van der Waals surface area contributed by atoms with Gasteiger partial charge in [-0.15, -0.1) is 11.3 Å². The van der Waals surface area contributed by atoms with Crippen molar-refractivity contribution in [3.05, 3.63) is 40.0 Å². The number of carbonyl (C=O) groups is 3. The number of thiazole rings is 1. The van der Waals surface area contributed by atoms with E-state index in [0.29, 0.717) is 6.54 Å². The number of ether oxygens (including phenoxy) is 1. The van der Waals surface area contributed by atoms with E-state index in [4.69, 9.17) is 4.74 Å². The summed E-state index contributed by atoms with van der Waals surface area (Å²) in [7, 11) is 0. The molecule has 3 rings (SSSR count). The summed E-state index contributed by atoms with van der Waals surface area (Å²) in [5.41, 5.74) is -6.09. The number of hydrogen-bond donors (Lipinski definition) is 1. The van der Waals surface area contributed by atoms with Crippen LogP contribution in [0.4, 0.5) is 26.3 Å². The molecule has 0 aliphatic carbocycles. The standard InChI is InChI=1S/C26H29F6N3O4S/c1-14-11-16(24(5,25(27,28)29)26(30,31)32)8-9-17(14)19-18(22(38)35-10-6-7-15(35)2)34-21(40-19)20(37)33-12-23(3,4)39-13-36/h8-9,11,13,15H,6-7,10,12H2,1-5H3,(H,33,37)/t15-/m0/s1. The number of rotatable bonds is 8. The minimum Gasteiger partial charge on any atom is -0.460 e. The van der Waals surface area contributed by atoms with Crippen LogP contribution in [0.2, 0.25) is 0 Å². The van der Waals surface area contributed by atoms with Gasteiger partial charge in [-0.3, -0.25) is 14.4 Å². The molecule has 0 spiro atoms. The average Bonchev–Trinajstić information content (AvgIpc) is 3.47. The molecule has 1 saturated heterocycles. The number of halogens is 6. The quantitative estimate of drug-likeness (QED) is 0.309. The molecule has 40 heavy (non-hydrogen) atoms. The van der Waals surface area contributed by atoms with Gasteiger partial charge in [0.15, 0.2) is 10.4 Å². The third kappa shape index (κ3) is 5.96. The molecule has 2 amide bonds. The molecule has 220 valence electrons. The summed E-state index contributed by atoms with van der Waals surface area (Å²) >= 11 is 0.786. The van der Waals surface area contributed by atoms with Gasteiger partial charge in [-0.05, 0) is 64.2 Å². The lowest BCUT2D eigenvalue weighted by molar-refractivity contribution is -0.297. The molecule has 1 aromatic carbocycles. The first kappa shape index (κ1) is 31.4. The predicted octanol–water partition coefficient (Wildman–Crippen LogP) is 5.81. The average molecular weight is 594 g/mol. The molecule has 1 fully saturated rings. The number of carbonyl (C=O) groups excluding carboxylic acids is 3. The zero-order chi connectivity index (χ0) is 30.3. The second kappa shape index (κ2) is 11.0. The largest absolute Gasteiger partial charge is 0.460 e. The maximum Gasteiger partial charge on any atom is 0.406 e. The van der Waals surface area contributed by atoms with Crippen LogP contribution in [-0.4, -0.2) is 65.3 Å². The summed E-state index contributed by atoms with van der Waals surface area (Å²) in [5, 5.41) is 2.41. The topological polar surface area (TPSA) is 88.6 Å². The molecule has 0 bridgehead atoms. The number of aryl methyl sites for hydroxylation is 1. The summed E-state index contributed by atoms with van der Waals surface area (Å²) in [6.07, 6.45) is -9.76. The lowest BCUT2D eigenvalue weighted by atomic mass is 9.79. The van der Waals surface area contributed by atoms with Crippen LogP contribution in [-0.2, 0) is 14.9 Å². The number of benzene rings is 1. The normalized spacial score (nSPS) is 16.7. The van der Waals surface area contributed by atoms with Crippen molar-refractivity contribution in [3.8, 4) is 10.4 Å². The molecule has 2 heterocycles. The molecule has 1 atom stereocenters. The Morgan fingerprint density at radius 1 is 1.15 bits per heavy atom. The molecule has 1 aromatic heterocycles. The van der Waals surface area contributed by atoms with Gasteiger partial charge in [0, 0.05) is 12.6 Å². The molecule has 1 aliphatic rings. The van der Waals surface area contributed by atoms with Crippen molar-refractivity contribution in [1.29, 1.82) is 0 Å². The number of amides is 2. The Balaban J connectivity index is 2.10. The summed E-state index contributed by atoms with van der Waals surface area (Å²) in [6.45, 7) is 6.94. The number of alkyl halides is 6. The van der Waals surface area contributed by atoms with Crippen LogP contribution in [0, 0.1) is 6.92 Å². The number of nitrogens with zero attached hydrogens (tertiary/aromatic N) is 2. The molecular weight excluding hydrogens is 564 g/mol. The van der Waals surface area contributed by atoms with Crippen LogP contribution in [0.25, 0.3) is 10.4 Å². The fourth-order valence-electron chi connectivity index (χ4n) is 4.37. The van der Waals surface area contributed by atoms with Crippen LogP contribution < -0.4 is 5.32 Å². The minimum atomic E-state index is -5.62. The van der Waals surface area contributed by atoms with E-state index in [0.717, 1.165) is 42.4 Å². The molecule has 0 radical (unpaired) electrons. The molecular formula is C26H29F6N3O4S. The van der Waals surface area contributed by atoms with Crippen LogP contribution in [0.1, 0.15) is 72.0 Å². The van der Waals surface area contributed by atoms with Crippen molar-refractivity contribution in [1.82, 2.24) is 15.2 Å². The number of nitrogens with one attached hydrogen (secondary N) is 1. The Hall–Kier alpha value is -3.16. The summed E-state index contributed by atoms with van der Waals surface area (Å²) in [6, 6.07) is 2.49. The van der Waals surface area contributed by atoms with Gasteiger partial charge in [0.25, 0.3) is 18.3 Å². The van der Waals surface area contributed by atoms with Gasteiger partial charge < -0.3 is 15.0 Å². The van der Waals surface area contributed by atoms with Crippen LogP contribution >= 0.6 is 11.3 Å². The molecule has 0 saturated carbocycles. The lowest BCUT2D eigenvalue weighted by Gasteiger charge is -2.34. The molecule has 1 N–H and O–H groups in total. The van der Waals surface area contributed by atoms with Crippen molar-refractivity contribution in [2.75, 3.05) is 13.1 Å². The molecule has 0 unspecified atom stereocenters. The highest BCUT2D eigenvalue weighted by Gasteiger charge is 2.68. The summed E-state index contributed by atoms with van der Waals surface area (Å²) in [4.78, 5) is 43.0. The zero-order valence-electron chi connectivity index (χ0n) is 22.4. The highest BCUT2D eigenvalue weighted by molar-refractivity contribution is 7.17. The first-order chi connectivity index (χ1) is 18.3. The third-order valence-electron chi connectivity index (χ3n) is 7.06. The van der Waals surface area contributed by atoms with E-state index >= 15 is 0 Å². The van der Waals surface area contributed by atoms with Crippen molar-refractivity contribution in [2.45, 2.75) is 76.9 Å². The van der Waals surface area contributed by atoms with Crippen LogP contribution in [0.15, 0.2) is 18.2 Å². The maximum absolute atomic E-state index is 13.7. The van der Waals surface area contributed by atoms with E-state index in [9.17, 15) is 40.7 Å². The summed E-state index contributed by atoms with van der Waals surface area (Å²) < 4.78 is 86.9. The Kier molecular flexibility index (Phi) is 8.64. The van der Waals surface area contributed by atoms with Crippen molar-refractivity contribution in [3.63, 3.8) is 0 Å². The number of aromatic nitrogens is 1. The van der Waals surface area contributed by atoms with E-state index in [1.165, 1.54) is 6.92 Å². The monoisotopic (exact) mass is 593 g/mol. The first-order valence-corrected chi connectivity index (χ1v) is 13.1. The molecule has 2 aromatic rings. The highest BCUT2D eigenvalue weighted by Crippen LogP contribution is 2.52. The highest BCUT2D eigenvalue weighted by atomic mass is 32.1. The maximum atomic E-state index is 13.7. The van der Waals surface area contributed by atoms with Crippen molar-refractivity contribution in [2.24, 2.45) is 0 Å². The smallest absolute Gasteiger partial charge is 0.406 e. The van der Waals surface area contributed by atoms with Crippen molar-refractivity contribution < 1.29 is 45.5 Å². The van der Waals surface area contributed by atoms with Gasteiger partial charge in [0.1, 0.15) is 11.3 Å². The second-order valence-electron chi connectivity index (χ2n) is 10.5. The van der Waals surface area contributed by atoms with E-state index in [1.807, 2.05) is 6.92 Å². The van der Waals surface area contributed by atoms with Gasteiger partial charge in [-0.2, -0.15) is 26.3 Å². The number of hydrogen-bond acceptors (Lipinski definition) is 6. The van der Waals surface area contributed by atoms with Gasteiger partial charge in [0.2, 0.25) is 0 Å². The van der Waals surface area contributed by atoms with E-state index in [1.54, 1.807) is 18.7 Å². The number of likely N-dealkylation sites (tertiary alicyclic amines) is 1. The molecule has 7 nitrogen and oxygen atoms in total. The Morgan fingerprint density at radius 3 is 2.27 bits per heavy atom. The Morgan fingerprint density at radius 2 is 1.77 bits per heavy atom. The van der Waals surface area contributed by atoms with Crippen LogP contribution in [0.3, 0.4) is 0 Å².